The number of para-hydroxylation sites is 2. The van der Waals surface area contributed by atoms with E-state index in [1.807, 2.05) is 61.5 Å². The summed E-state index contributed by atoms with van der Waals surface area (Å²) < 4.78 is 11.6. The van der Waals surface area contributed by atoms with Crippen molar-refractivity contribution in [3.05, 3.63) is 54.6 Å². The smallest absolute Gasteiger partial charge is 0.237 e. The Balaban J connectivity index is 1.57. The van der Waals surface area contributed by atoms with E-state index in [1.165, 1.54) is 18.2 Å². The molecule has 0 spiro atoms. The van der Waals surface area contributed by atoms with E-state index in [9.17, 15) is 4.79 Å². The molecule has 1 aliphatic heterocycles. The van der Waals surface area contributed by atoms with Gasteiger partial charge < -0.3 is 14.8 Å². The van der Waals surface area contributed by atoms with E-state index in [0.717, 1.165) is 24.3 Å². The van der Waals surface area contributed by atoms with Gasteiger partial charge in [-0.05, 0) is 50.5 Å². The topological polar surface area (TPSA) is 47.6 Å². The molecule has 26 heavy (non-hydrogen) atoms. The molecule has 1 N–H and O–H groups in total. The first-order valence-electron chi connectivity index (χ1n) is 9.08. The number of thioether (sulfide) groups is 1. The number of hydrogen-bond donors (Lipinski definition) is 1. The lowest BCUT2D eigenvalue weighted by Crippen LogP contribution is -2.26. The highest BCUT2D eigenvalue weighted by molar-refractivity contribution is 8.00. The lowest BCUT2D eigenvalue weighted by atomic mass is 10.1. The van der Waals surface area contributed by atoms with E-state index in [4.69, 9.17) is 9.47 Å². The van der Waals surface area contributed by atoms with Crippen LogP contribution in [0, 0.1) is 0 Å². The van der Waals surface area contributed by atoms with E-state index in [-0.39, 0.29) is 17.3 Å². The number of rotatable bonds is 7. The fraction of sp³-hybridized carbons (Fsp3) is 0.381. The molecule has 1 amide bonds. The Bertz CT molecular complexity index is 701. The van der Waals surface area contributed by atoms with Gasteiger partial charge in [-0.3, -0.25) is 4.79 Å². The molecule has 2 aromatic rings. The highest BCUT2D eigenvalue weighted by Crippen LogP contribution is 2.28. The predicted molar refractivity (Wildman–Crippen MR) is 106 cm³/mol. The summed E-state index contributed by atoms with van der Waals surface area (Å²) in [5.74, 6) is 0.649. The third-order valence-corrected chi connectivity index (χ3v) is 5.38. The van der Waals surface area contributed by atoms with Crippen molar-refractivity contribution in [2.24, 2.45) is 0 Å². The summed E-state index contributed by atoms with van der Waals surface area (Å²) in [6, 6.07) is 17.5. The van der Waals surface area contributed by atoms with Crippen molar-refractivity contribution in [1.29, 1.82) is 0 Å². The van der Waals surface area contributed by atoms with Crippen molar-refractivity contribution in [3.63, 3.8) is 0 Å². The van der Waals surface area contributed by atoms with Crippen LogP contribution in [-0.4, -0.2) is 30.5 Å². The quantitative estimate of drug-likeness (QED) is 0.713. The minimum Gasteiger partial charge on any atom is -0.489 e. The number of hydrogen-bond acceptors (Lipinski definition) is 4. The van der Waals surface area contributed by atoms with Crippen LogP contribution < -0.4 is 10.1 Å². The molecule has 1 aliphatic rings. The van der Waals surface area contributed by atoms with Crippen molar-refractivity contribution in [3.8, 4) is 5.75 Å². The van der Waals surface area contributed by atoms with Gasteiger partial charge in [-0.15, -0.1) is 11.8 Å². The van der Waals surface area contributed by atoms with E-state index in [2.05, 4.69) is 5.32 Å². The second-order valence-corrected chi connectivity index (χ2v) is 7.77. The standard InChI is InChI=1S/C21H25NO3S/c1-16(26-18-10-3-2-4-11-18)21(23)22-19-12-5-6-13-20(19)25-15-17-9-7-8-14-24-17/h2-6,10-13,16-17H,7-9,14-15H2,1H3,(H,22,23). The van der Waals surface area contributed by atoms with Crippen LogP contribution in [0.5, 0.6) is 5.75 Å². The fourth-order valence-electron chi connectivity index (χ4n) is 2.81. The molecular formula is C21H25NO3S. The number of amides is 1. The Labute approximate surface area is 159 Å². The van der Waals surface area contributed by atoms with Gasteiger partial charge in [0.05, 0.1) is 17.0 Å². The summed E-state index contributed by atoms with van der Waals surface area (Å²) >= 11 is 1.54. The summed E-state index contributed by atoms with van der Waals surface area (Å²) in [6.07, 6.45) is 3.47. The lowest BCUT2D eigenvalue weighted by molar-refractivity contribution is -0.115. The van der Waals surface area contributed by atoms with Crippen molar-refractivity contribution in [2.75, 3.05) is 18.5 Å². The van der Waals surface area contributed by atoms with Gasteiger partial charge in [0, 0.05) is 11.5 Å². The minimum atomic E-state index is -0.202. The van der Waals surface area contributed by atoms with Crippen molar-refractivity contribution in [1.82, 2.24) is 0 Å². The van der Waals surface area contributed by atoms with Gasteiger partial charge in [-0.25, -0.2) is 0 Å². The summed E-state index contributed by atoms with van der Waals surface area (Å²) in [4.78, 5) is 13.6. The third-order valence-electron chi connectivity index (χ3n) is 4.27. The van der Waals surface area contributed by atoms with Crippen LogP contribution in [0.4, 0.5) is 5.69 Å². The Morgan fingerprint density at radius 2 is 1.96 bits per heavy atom. The van der Waals surface area contributed by atoms with Crippen molar-refractivity contribution >= 4 is 23.4 Å². The van der Waals surface area contributed by atoms with Crippen LogP contribution in [0.2, 0.25) is 0 Å². The van der Waals surface area contributed by atoms with Crippen molar-refractivity contribution < 1.29 is 14.3 Å². The van der Waals surface area contributed by atoms with Crippen LogP contribution in [0.15, 0.2) is 59.5 Å². The molecule has 0 bridgehead atoms. The van der Waals surface area contributed by atoms with Crippen LogP contribution >= 0.6 is 11.8 Å². The number of nitrogens with one attached hydrogen (secondary N) is 1. The maximum atomic E-state index is 12.6. The van der Waals surface area contributed by atoms with Crippen LogP contribution in [0.3, 0.4) is 0 Å². The average Bonchev–Trinajstić information content (AvgIpc) is 2.69. The monoisotopic (exact) mass is 371 g/mol. The summed E-state index contributed by atoms with van der Waals surface area (Å²) in [5, 5.41) is 2.79. The molecular weight excluding hydrogens is 346 g/mol. The second kappa shape index (κ2) is 9.64. The summed E-state index contributed by atoms with van der Waals surface area (Å²) in [6.45, 7) is 3.23. The van der Waals surface area contributed by atoms with Gasteiger partial charge in [0.1, 0.15) is 12.4 Å². The molecule has 5 heteroatoms. The van der Waals surface area contributed by atoms with E-state index in [0.29, 0.717) is 18.0 Å². The van der Waals surface area contributed by atoms with Gasteiger partial charge in [0.2, 0.25) is 5.91 Å². The van der Waals surface area contributed by atoms with Gasteiger partial charge in [0.15, 0.2) is 0 Å². The highest BCUT2D eigenvalue weighted by atomic mass is 32.2. The minimum absolute atomic E-state index is 0.0381. The lowest BCUT2D eigenvalue weighted by Gasteiger charge is -2.23. The SMILES string of the molecule is CC(Sc1ccccc1)C(=O)Nc1ccccc1OCC1CCCCO1. The number of ether oxygens (including phenoxy) is 2. The second-order valence-electron chi connectivity index (χ2n) is 6.36. The first kappa shape index (κ1) is 18.8. The molecule has 0 aromatic heterocycles. The Morgan fingerprint density at radius 3 is 2.73 bits per heavy atom. The number of carbonyl (C=O) groups is 1. The van der Waals surface area contributed by atoms with Gasteiger partial charge in [-0.2, -0.15) is 0 Å². The zero-order valence-corrected chi connectivity index (χ0v) is 15.8. The first-order valence-corrected chi connectivity index (χ1v) is 9.96. The van der Waals surface area contributed by atoms with Gasteiger partial charge in [0.25, 0.3) is 0 Å². The highest BCUT2D eigenvalue weighted by Gasteiger charge is 2.18. The molecule has 3 rings (SSSR count). The molecule has 0 radical (unpaired) electrons. The number of benzene rings is 2. The fourth-order valence-corrected chi connectivity index (χ4v) is 3.70. The molecule has 138 valence electrons. The van der Waals surface area contributed by atoms with Gasteiger partial charge >= 0.3 is 0 Å². The molecule has 4 nitrogen and oxygen atoms in total. The van der Waals surface area contributed by atoms with Crippen LogP contribution in [0.1, 0.15) is 26.2 Å². The maximum Gasteiger partial charge on any atom is 0.237 e. The molecule has 1 saturated heterocycles. The molecule has 1 heterocycles. The maximum absolute atomic E-state index is 12.6. The Hall–Kier alpha value is -1.98. The Morgan fingerprint density at radius 1 is 1.19 bits per heavy atom. The number of anilines is 1. The average molecular weight is 372 g/mol. The first-order chi connectivity index (χ1) is 12.7. The predicted octanol–water partition coefficient (Wildman–Crippen LogP) is 4.75. The zero-order chi connectivity index (χ0) is 18.2. The molecule has 2 aromatic carbocycles. The van der Waals surface area contributed by atoms with Crippen LogP contribution in [-0.2, 0) is 9.53 Å². The van der Waals surface area contributed by atoms with Crippen LogP contribution in [0.25, 0.3) is 0 Å². The van der Waals surface area contributed by atoms with E-state index < -0.39 is 0 Å². The molecule has 2 atom stereocenters. The molecule has 2 unspecified atom stereocenters. The zero-order valence-electron chi connectivity index (χ0n) is 15.0. The summed E-state index contributed by atoms with van der Waals surface area (Å²) in [5.41, 5.74) is 0.703. The van der Waals surface area contributed by atoms with E-state index in [1.54, 1.807) is 0 Å². The van der Waals surface area contributed by atoms with Gasteiger partial charge in [-0.1, -0.05) is 30.3 Å². The molecule has 1 fully saturated rings. The normalized spacial score (nSPS) is 18.1. The Kier molecular flexibility index (Phi) is 6.97. The van der Waals surface area contributed by atoms with Crippen molar-refractivity contribution in [2.45, 2.75) is 42.4 Å². The number of carbonyl (C=O) groups excluding carboxylic acids is 1. The summed E-state index contributed by atoms with van der Waals surface area (Å²) in [7, 11) is 0. The molecule has 0 aliphatic carbocycles. The third kappa shape index (κ3) is 5.51. The molecule has 0 saturated carbocycles. The van der Waals surface area contributed by atoms with E-state index >= 15 is 0 Å². The largest absolute Gasteiger partial charge is 0.489 e.